The molecule has 43 heavy (non-hydrogen) atoms. The molecule has 14 heteroatoms. The van der Waals surface area contributed by atoms with Crippen molar-refractivity contribution in [2.75, 3.05) is 79.0 Å². The first-order chi connectivity index (χ1) is 20.8. The predicted molar refractivity (Wildman–Crippen MR) is 152 cm³/mol. The summed E-state index contributed by atoms with van der Waals surface area (Å²) in [4.78, 5) is 46.5. The third kappa shape index (κ3) is 13.5. The highest BCUT2D eigenvalue weighted by atomic mass is 16.5. The molecule has 1 aliphatic heterocycles. The molecule has 1 saturated heterocycles. The van der Waals surface area contributed by atoms with Gasteiger partial charge in [0.05, 0.1) is 64.2 Å². The van der Waals surface area contributed by atoms with Crippen molar-refractivity contribution >= 4 is 17.9 Å². The van der Waals surface area contributed by atoms with Gasteiger partial charge in [-0.25, -0.2) is 19.6 Å². The van der Waals surface area contributed by atoms with Gasteiger partial charge in [-0.3, -0.25) is 14.6 Å². The minimum Gasteiger partial charge on any atom is -0.481 e. The van der Waals surface area contributed by atoms with E-state index in [1.807, 2.05) is 4.90 Å². The van der Waals surface area contributed by atoms with Crippen LogP contribution in [0.25, 0.3) is 0 Å². The van der Waals surface area contributed by atoms with Gasteiger partial charge in [0, 0.05) is 45.7 Å². The second-order valence-electron chi connectivity index (χ2n) is 9.87. The van der Waals surface area contributed by atoms with E-state index < -0.39 is 17.9 Å². The van der Waals surface area contributed by atoms with Gasteiger partial charge in [0.15, 0.2) is 0 Å². The minimum atomic E-state index is -1.17. The number of hydrogen-bond acceptors (Lipinski definition) is 11. The van der Waals surface area contributed by atoms with Gasteiger partial charge in [0.2, 0.25) is 0 Å². The van der Waals surface area contributed by atoms with E-state index in [1.54, 1.807) is 18.2 Å². The van der Waals surface area contributed by atoms with Gasteiger partial charge in [0.25, 0.3) is 0 Å². The lowest BCUT2D eigenvalue weighted by Crippen LogP contribution is -2.33. The molecule has 236 valence electrons. The fourth-order valence-corrected chi connectivity index (χ4v) is 4.34. The first-order valence-electron chi connectivity index (χ1n) is 14.2. The molecule has 0 spiro atoms. The zero-order valence-corrected chi connectivity index (χ0v) is 24.2. The van der Waals surface area contributed by atoms with Crippen LogP contribution in [0, 0.1) is 0 Å². The number of carbonyl (C=O) groups is 3. The maximum Gasteiger partial charge on any atom is 0.354 e. The zero-order valence-electron chi connectivity index (χ0n) is 24.2. The van der Waals surface area contributed by atoms with Crippen LogP contribution in [0.5, 0.6) is 0 Å². The van der Waals surface area contributed by atoms with Crippen LogP contribution in [0.4, 0.5) is 0 Å². The molecule has 0 unspecified atom stereocenters. The molecule has 2 aromatic rings. The molecule has 0 radical (unpaired) electrons. The summed E-state index contributed by atoms with van der Waals surface area (Å²) < 4.78 is 23.1. The highest BCUT2D eigenvalue weighted by molar-refractivity contribution is 5.85. The van der Waals surface area contributed by atoms with Gasteiger partial charge in [-0.15, -0.1) is 0 Å². The molecule has 14 nitrogen and oxygen atoms in total. The van der Waals surface area contributed by atoms with Crippen LogP contribution in [-0.2, 0) is 43.3 Å². The van der Waals surface area contributed by atoms with E-state index >= 15 is 0 Å². The van der Waals surface area contributed by atoms with Gasteiger partial charge in [-0.05, 0) is 36.2 Å². The summed E-state index contributed by atoms with van der Waals surface area (Å²) in [5.74, 6) is -3.19. The second kappa shape index (κ2) is 18.9. The molecule has 3 heterocycles. The highest BCUT2D eigenvalue weighted by Crippen LogP contribution is 2.12. The molecular weight excluding hydrogens is 564 g/mol. The molecule has 0 bridgehead atoms. The molecule has 1 fully saturated rings. The average molecular weight is 605 g/mol. The van der Waals surface area contributed by atoms with Gasteiger partial charge < -0.3 is 34.3 Å². The van der Waals surface area contributed by atoms with Crippen LogP contribution in [0.2, 0.25) is 0 Å². The van der Waals surface area contributed by atoms with Gasteiger partial charge in [-0.2, -0.15) is 0 Å². The van der Waals surface area contributed by atoms with Gasteiger partial charge in [-0.1, -0.05) is 6.07 Å². The van der Waals surface area contributed by atoms with E-state index in [-0.39, 0.29) is 24.2 Å². The third-order valence-corrected chi connectivity index (χ3v) is 6.53. The lowest BCUT2D eigenvalue weighted by Gasteiger charge is -2.23. The first kappa shape index (κ1) is 34.0. The van der Waals surface area contributed by atoms with Crippen molar-refractivity contribution in [2.45, 2.75) is 25.9 Å². The molecule has 0 amide bonds. The average Bonchev–Trinajstić information content (AvgIpc) is 2.97. The van der Waals surface area contributed by atoms with Crippen LogP contribution in [0.1, 0.15) is 44.3 Å². The molecule has 0 saturated carbocycles. The van der Waals surface area contributed by atoms with E-state index in [1.165, 1.54) is 12.1 Å². The molecule has 0 aromatic carbocycles. The Labute approximate surface area is 250 Å². The number of aryl methyl sites for hydroxylation is 1. The maximum atomic E-state index is 11.6. The number of aromatic nitrogens is 2. The van der Waals surface area contributed by atoms with E-state index in [2.05, 4.69) is 14.9 Å². The van der Waals surface area contributed by atoms with Crippen LogP contribution in [0.15, 0.2) is 30.3 Å². The van der Waals surface area contributed by atoms with Crippen molar-refractivity contribution in [3.05, 3.63) is 58.7 Å². The number of aromatic carboxylic acids is 2. The Morgan fingerprint density at radius 1 is 0.651 bits per heavy atom. The van der Waals surface area contributed by atoms with Gasteiger partial charge >= 0.3 is 17.9 Å². The maximum absolute atomic E-state index is 11.6. The largest absolute Gasteiger partial charge is 0.481 e. The number of rotatable bonds is 9. The van der Waals surface area contributed by atoms with Crippen LogP contribution in [0.3, 0.4) is 0 Å². The monoisotopic (exact) mass is 604 g/mol. The Hall–Kier alpha value is -3.53. The van der Waals surface area contributed by atoms with Crippen LogP contribution in [-0.4, -0.2) is 132 Å². The molecule has 2 aromatic heterocycles. The molecule has 1 aliphatic rings. The fraction of sp³-hybridized carbons (Fsp3) is 0.552. The first-order valence-corrected chi connectivity index (χ1v) is 14.2. The summed E-state index contributed by atoms with van der Waals surface area (Å²) in [6.45, 7) is 6.40. The number of pyridine rings is 2. The Morgan fingerprint density at radius 3 is 1.63 bits per heavy atom. The van der Waals surface area contributed by atoms with E-state index in [4.69, 9.17) is 24.1 Å². The highest BCUT2D eigenvalue weighted by Gasteiger charge is 2.14. The Morgan fingerprint density at radius 2 is 1.14 bits per heavy atom. The van der Waals surface area contributed by atoms with E-state index in [9.17, 15) is 24.6 Å². The standard InChI is InChI=1S/C29H40N4O10/c34-27(35)5-4-22-18-24(31-26(19-22)29(38)39)21-33-8-12-42-16-14-40-10-6-32(7-11-41-15-17-43-13-9-33)20-23-2-1-3-25(30-23)28(36)37/h1-3,18-19H,4-17,20-21H2,(H,34,35)(H,36,37)(H,38,39). The van der Waals surface area contributed by atoms with Crippen molar-refractivity contribution in [1.29, 1.82) is 0 Å². The van der Waals surface area contributed by atoms with Crippen molar-refractivity contribution in [3.8, 4) is 0 Å². The Kier molecular flexibility index (Phi) is 14.9. The lowest BCUT2D eigenvalue weighted by atomic mass is 10.1. The lowest BCUT2D eigenvalue weighted by molar-refractivity contribution is -0.136. The second-order valence-corrected chi connectivity index (χ2v) is 9.87. The quantitative estimate of drug-likeness (QED) is 0.372. The van der Waals surface area contributed by atoms with E-state index in [0.29, 0.717) is 109 Å². The van der Waals surface area contributed by atoms with E-state index in [0.717, 1.165) is 0 Å². The Balaban J connectivity index is 1.53. The summed E-state index contributed by atoms with van der Waals surface area (Å²) >= 11 is 0. The normalized spacial score (nSPS) is 17.5. The summed E-state index contributed by atoms with van der Waals surface area (Å²) in [5, 5.41) is 27.7. The summed E-state index contributed by atoms with van der Waals surface area (Å²) in [5.41, 5.74) is 1.68. The molecule has 0 aliphatic carbocycles. The number of aliphatic carboxylic acids is 1. The number of carboxylic acid groups (broad SMARTS) is 3. The zero-order chi connectivity index (χ0) is 30.9. The minimum absolute atomic E-state index is 0.00443. The third-order valence-electron chi connectivity index (χ3n) is 6.53. The van der Waals surface area contributed by atoms with Crippen molar-refractivity contribution < 1.29 is 48.7 Å². The molecule has 0 atom stereocenters. The molecule has 3 N–H and O–H groups in total. The molecular formula is C29H40N4O10. The van der Waals surface area contributed by atoms with Crippen molar-refractivity contribution in [2.24, 2.45) is 0 Å². The SMILES string of the molecule is O=C(O)CCc1cc(CN2CCOCCOCCN(Cc3cccc(C(=O)O)n3)CCOCCOCC2)nc(C(=O)O)c1. The number of hydrogen-bond donors (Lipinski definition) is 3. The Bertz CT molecular complexity index is 1160. The summed E-state index contributed by atoms with van der Waals surface area (Å²) in [6.07, 6.45) is 0.109. The van der Waals surface area contributed by atoms with Crippen molar-refractivity contribution in [1.82, 2.24) is 19.8 Å². The predicted octanol–water partition coefficient (Wildman–Crippen LogP) is 1.27. The number of ether oxygens (including phenoxy) is 4. The smallest absolute Gasteiger partial charge is 0.354 e. The summed E-state index contributed by atoms with van der Waals surface area (Å²) in [6, 6.07) is 8.09. The topological polar surface area (TPSA) is 181 Å². The van der Waals surface area contributed by atoms with Crippen molar-refractivity contribution in [3.63, 3.8) is 0 Å². The number of carboxylic acids is 3. The van der Waals surface area contributed by atoms with Crippen LogP contribution >= 0.6 is 0 Å². The number of nitrogens with zero attached hydrogens (tertiary/aromatic N) is 4. The fourth-order valence-electron chi connectivity index (χ4n) is 4.34. The molecule has 3 rings (SSSR count). The van der Waals surface area contributed by atoms with Crippen LogP contribution < -0.4 is 0 Å². The van der Waals surface area contributed by atoms with Gasteiger partial charge in [0.1, 0.15) is 11.4 Å². The summed E-state index contributed by atoms with van der Waals surface area (Å²) in [7, 11) is 0.